The summed E-state index contributed by atoms with van der Waals surface area (Å²) in [5.74, 6) is 2.64. The summed E-state index contributed by atoms with van der Waals surface area (Å²) in [7, 11) is 4.74. The Kier molecular flexibility index (Phi) is 7.41. The van der Waals surface area contributed by atoms with Crippen LogP contribution in [0.2, 0.25) is 0 Å². The highest BCUT2D eigenvalue weighted by molar-refractivity contribution is 5.91. The highest BCUT2D eigenvalue weighted by atomic mass is 16.5. The van der Waals surface area contributed by atoms with Crippen LogP contribution in [0.25, 0.3) is 23.1 Å². The quantitative estimate of drug-likeness (QED) is 0.275. The molecule has 2 aromatic heterocycles. The molecule has 0 aliphatic carbocycles. The fourth-order valence-corrected chi connectivity index (χ4v) is 3.31. The lowest BCUT2D eigenvalue weighted by atomic mass is 10.2. The van der Waals surface area contributed by atoms with Gasteiger partial charge >= 0.3 is 0 Å². The monoisotopic (exact) mass is 475 g/mol. The molecular formula is C25H25N5O5. The van der Waals surface area contributed by atoms with E-state index in [-0.39, 0.29) is 12.5 Å². The minimum atomic E-state index is -0.245. The molecule has 2 aromatic carbocycles. The second kappa shape index (κ2) is 11.0. The van der Waals surface area contributed by atoms with Gasteiger partial charge in [-0.2, -0.15) is 4.52 Å². The van der Waals surface area contributed by atoms with Crippen LogP contribution in [0, 0.1) is 0 Å². The first-order valence-electron chi connectivity index (χ1n) is 10.8. The van der Waals surface area contributed by atoms with E-state index in [4.69, 9.17) is 18.9 Å². The van der Waals surface area contributed by atoms with Gasteiger partial charge in [0, 0.05) is 17.7 Å². The van der Waals surface area contributed by atoms with Crippen molar-refractivity contribution in [3.05, 3.63) is 66.2 Å². The van der Waals surface area contributed by atoms with Gasteiger partial charge in [-0.15, -0.1) is 15.3 Å². The Morgan fingerprint density at radius 3 is 2.63 bits per heavy atom. The Hall–Kier alpha value is -4.60. The van der Waals surface area contributed by atoms with Crippen molar-refractivity contribution in [2.45, 2.75) is 0 Å². The number of nitrogens with zero attached hydrogens (tertiary/aromatic N) is 4. The zero-order valence-electron chi connectivity index (χ0n) is 19.6. The molecular weight excluding hydrogens is 450 g/mol. The van der Waals surface area contributed by atoms with Gasteiger partial charge in [-0.25, -0.2) is 0 Å². The molecule has 0 spiro atoms. The largest absolute Gasteiger partial charge is 0.497 e. The van der Waals surface area contributed by atoms with Gasteiger partial charge in [0.1, 0.15) is 12.4 Å². The third kappa shape index (κ3) is 5.67. The molecule has 0 bridgehead atoms. The number of carbonyl (C=O) groups excluding carboxylic acids is 1. The fraction of sp³-hybridized carbons (Fsp3) is 0.200. The van der Waals surface area contributed by atoms with Gasteiger partial charge in [-0.3, -0.25) is 4.79 Å². The Morgan fingerprint density at radius 2 is 1.83 bits per heavy atom. The molecule has 180 valence electrons. The number of amides is 1. The predicted octanol–water partition coefficient (Wildman–Crippen LogP) is 3.03. The van der Waals surface area contributed by atoms with Gasteiger partial charge in [0.2, 0.25) is 11.8 Å². The van der Waals surface area contributed by atoms with Crippen molar-refractivity contribution < 1.29 is 23.7 Å². The molecule has 0 atom stereocenters. The van der Waals surface area contributed by atoms with Crippen molar-refractivity contribution in [3.63, 3.8) is 0 Å². The molecule has 2 heterocycles. The average molecular weight is 476 g/mol. The number of nitrogens with one attached hydrogen (secondary N) is 1. The summed E-state index contributed by atoms with van der Waals surface area (Å²) < 4.78 is 23.1. The molecule has 0 saturated carbocycles. The van der Waals surface area contributed by atoms with Gasteiger partial charge in [0.25, 0.3) is 0 Å². The number of hydrogen-bond acceptors (Lipinski definition) is 8. The highest BCUT2D eigenvalue weighted by Crippen LogP contribution is 2.28. The first-order valence-corrected chi connectivity index (χ1v) is 10.8. The first-order chi connectivity index (χ1) is 17.1. The second-order valence-corrected chi connectivity index (χ2v) is 7.28. The van der Waals surface area contributed by atoms with Gasteiger partial charge in [-0.05, 0) is 42.0 Å². The molecule has 10 heteroatoms. The molecule has 4 aromatic rings. The molecule has 35 heavy (non-hydrogen) atoms. The Labute approximate surface area is 202 Å². The summed E-state index contributed by atoms with van der Waals surface area (Å²) in [6.45, 7) is 0.546. The van der Waals surface area contributed by atoms with Crippen molar-refractivity contribution in [2.24, 2.45) is 0 Å². The van der Waals surface area contributed by atoms with E-state index < -0.39 is 0 Å². The summed E-state index contributed by atoms with van der Waals surface area (Å²) in [5, 5.41) is 15.6. The van der Waals surface area contributed by atoms with Crippen LogP contribution in [0.15, 0.2) is 60.7 Å². The van der Waals surface area contributed by atoms with E-state index in [1.807, 2.05) is 30.3 Å². The topological polar surface area (TPSA) is 109 Å². The van der Waals surface area contributed by atoms with Gasteiger partial charge < -0.3 is 24.3 Å². The van der Waals surface area contributed by atoms with E-state index in [1.54, 1.807) is 56.2 Å². The Balaban J connectivity index is 1.33. The van der Waals surface area contributed by atoms with Crippen LogP contribution in [0.3, 0.4) is 0 Å². The lowest BCUT2D eigenvalue weighted by Gasteiger charge is -2.08. The molecule has 0 radical (unpaired) electrons. The maximum Gasteiger partial charge on any atom is 0.244 e. The number of benzene rings is 2. The van der Waals surface area contributed by atoms with Crippen molar-refractivity contribution in [2.75, 3.05) is 34.5 Å². The fourth-order valence-electron chi connectivity index (χ4n) is 3.31. The van der Waals surface area contributed by atoms with E-state index in [2.05, 4.69) is 20.6 Å². The third-order valence-corrected chi connectivity index (χ3v) is 5.05. The number of ether oxygens (including phenoxy) is 4. The molecule has 0 aliphatic rings. The van der Waals surface area contributed by atoms with Crippen LogP contribution in [0.5, 0.6) is 23.1 Å². The molecule has 0 aliphatic heterocycles. The van der Waals surface area contributed by atoms with E-state index in [0.717, 1.165) is 11.1 Å². The molecule has 10 nitrogen and oxygen atoms in total. The number of carbonyl (C=O) groups is 1. The summed E-state index contributed by atoms with van der Waals surface area (Å²) in [6.07, 6.45) is 3.14. The molecule has 0 saturated heterocycles. The standard InChI is InChI=1S/C25H25N5O5/c1-32-19-6-4-5-18(16-19)25-28-27-22-10-12-24(29-30(22)25)35-14-13-26-23(31)11-8-17-7-9-20(33-2)21(15-17)34-3/h4-12,15-16H,13-14H2,1-3H3,(H,26,31)/b11-8+. The first kappa shape index (κ1) is 23.6. The maximum absolute atomic E-state index is 12.1. The lowest BCUT2D eigenvalue weighted by molar-refractivity contribution is -0.116. The molecule has 1 amide bonds. The van der Waals surface area contributed by atoms with E-state index in [1.165, 1.54) is 6.08 Å². The van der Waals surface area contributed by atoms with Gasteiger partial charge in [0.05, 0.1) is 27.9 Å². The van der Waals surface area contributed by atoms with Crippen molar-refractivity contribution in [1.82, 2.24) is 25.1 Å². The molecule has 4 rings (SSSR count). The minimum Gasteiger partial charge on any atom is -0.497 e. The minimum absolute atomic E-state index is 0.241. The van der Waals surface area contributed by atoms with Crippen LogP contribution in [0.1, 0.15) is 5.56 Å². The summed E-state index contributed by atoms with van der Waals surface area (Å²) in [4.78, 5) is 12.1. The normalized spacial score (nSPS) is 10.9. The van der Waals surface area contributed by atoms with Crippen LogP contribution in [-0.4, -0.2) is 60.2 Å². The van der Waals surface area contributed by atoms with E-state index >= 15 is 0 Å². The van der Waals surface area contributed by atoms with Crippen LogP contribution in [0.4, 0.5) is 0 Å². The SMILES string of the molecule is COc1cccc(-c2nnc3ccc(OCCNC(=O)/C=C/c4ccc(OC)c(OC)c4)nn23)c1. The third-order valence-electron chi connectivity index (χ3n) is 5.05. The second-order valence-electron chi connectivity index (χ2n) is 7.28. The summed E-state index contributed by atoms with van der Waals surface area (Å²) in [6, 6.07) is 16.4. The molecule has 1 N–H and O–H groups in total. The highest BCUT2D eigenvalue weighted by Gasteiger charge is 2.11. The predicted molar refractivity (Wildman–Crippen MR) is 130 cm³/mol. The summed E-state index contributed by atoms with van der Waals surface area (Å²) in [5.41, 5.74) is 2.21. The Morgan fingerprint density at radius 1 is 0.971 bits per heavy atom. The number of methoxy groups -OCH3 is 3. The number of rotatable bonds is 10. The zero-order chi connectivity index (χ0) is 24.6. The number of aromatic nitrogens is 4. The number of hydrogen-bond donors (Lipinski definition) is 1. The molecule has 0 fully saturated rings. The van der Waals surface area contributed by atoms with Crippen molar-refractivity contribution >= 4 is 17.6 Å². The molecule has 0 unspecified atom stereocenters. The van der Waals surface area contributed by atoms with Gasteiger partial charge in [-0.1, -0.05) is 18.2 Å². The number of fused-ring (bicyclic) bond motifs is 1. The zero-order valence-corrected chi connectivity index (χ0v) is 19.6. The maximum atomic E-state index is 12.1. The van der Waals surface area contributed by atoms with Crippen LogP contribution in [-0.2, 0) is 4.79 Å². The average Bonchev–Trinajstić information content (AvgIpc) is 3.33. The van der Waals surface area contributed by atoms with Crippen LogP contribution >= 0.6 is 0 Å². The van der Waals surface area contributed by atoms with E-state index in [0.29, 0.717) is 41.1 Å². The van der Waals surface area contributed by atoms with Crippen LogP contribution < -0.4 is 24.3 Å². The summed E-state index contributed by atoms with van der Waals surface area (Å²) >= 11 is 0. The van der Waals surface area contributed by atoms with Gasteiger partial charge in [0.15, 0.2) is 23.0 Å². The van der Waals surface area contributed by atoms with Crippen molar-refractivity contribution in [1.29, 1.82) is 0 Å². The smallest absolute Gasteiger partial charge is 0.244 e. The Bertz CT molecular complexity index is 1350. The lowest BCUT2D eigenvalue weighted by Crippen LogP contribution is -2.26. The van der Waals surface area contributed by atoms with Crippen molar-refractivity contribution in [3.8, 4) is 34.5 Å². The van der Waals surface area contributed by atoms with E-state index in [9.17, 15) is 4.79 Å².